The number of nitrogens with zero attached hydrogens (tertiary/aromatic N) is 1. The van der Waals surface area contributed by atoms with Crippen LogP contribution in [0.15, 0.2) is 23.7 Å². The van der Waals surface area contributed by atoms with Crippen LogP contribution in [0.4, 0.5) is 5.82 Å². The molecule has 2 aromatic heterocycles. The standard InChI is InChI=1S/C12H14N2OS/c15-10(8-1-2-8)7-14-12-9-4-6-16-11(9)3-5-13-12/h3-6,8,10,15H,1-2,7H2,(H,13,14). The molecule has 1 unspecified atom stereocenters. The van der Waals surface area contributed by atoms with Crippen molar-refractivity contribution in [2.75, 3.05) is 11.9 Å². The Morgan fingerprint density at radius 3 is 3.19 bits per heavy atom. The summed E-state index contributed by atoms with van der Waals surface area (Å²) in [4.78, 5) is 4.32. The van der Waals surface area contributed by atoms with Gasteiger partial charge in [-0.25, -0.2) is 4.98 Å². The molecule has 1 saturated carbocycles. The van der Waals surface area contributed by atoms with Crippen LogP contribution in [0.25, 0.3) is 10.1 Å². The molecule has 3 nitrogen and oxygen atoms in total. The Morgan fingerprint density at radius 2 is 2.38 bits per heavy atom. The monoisotopic (exact) mass is 234 g/mol. The molecule has 1 aliphatic rings. The minimum Gasteiger partial charge on any atom is -0.391 e. The van der Waals surface area contributed by atoms with Crippen LogP contribution >= 0.6 is 11.3 Å². The van der Waals surface area contributed by atoms with Crippen molar-refractivity contribution in [1.29, 1.82) is 0 Å². The van der Waals surface area contributed by atoms with Crippen molar-refractivity contribution in [2.24, 2.45) is 5.92 Å². The van der Waals surface area contributed by atoms with Crippen molar-refractivity contribution >= 4 is 27.2 Å². The zero-order valence-corrected chi connectivity index (χ0v) is 9.70. The Labute approximate surface area is 98.1 Å². The van der Waals surface area contributed by atoms with Gasteiger partial charge in [0.25, 0.3) is 0 Å². The van der Waals surface area contributed by atoms with Gasteiger partial charge in [0.1, 0.15) is 5.82 Å². The van der Waals surface area contributed by atoms with Crippen molar-refractivity contribution < 1.29 is 5.11 Å². The molecule has 84 valence electrons. The fourth-order valence-corrected chi connectivity index (χ4v) is 2.67. The van der Waals surface area contributed by atoms with Gasteiger partial charge in [0, 0.05) is 22.8 Å². The van der Waals surface area contributed by atoms with E-state index in [-0.39, 0.29) is 6.10 Å². The number of anilines is 1. The Kier molecular flexibility index (Phi) is 2.53. The average Bonchev–Trinajstić information content (AvgIpc) is 3.04. The number of thiophene rings is 1. The minimum absolute atomic E-state index is 0.226. The van der Waals surface area contributed by atoms with Crippen molar-refractivity contribution in [1.82, 2.24) is 4.98 Å². The quantitative estimate of drug-likeness (QED) is 0.854. The molecule has 0 bridgehead atoms. The zero-order chi connectivity index (χ0) is 11.0. The first-order valence-corrected chi connectivity index (χ1v) is 6.47. The molecule has 1 aliphatic carbocycles. The molecule has 16 heavy (non-hydrogen) atoms. The van der Waals surface area contributed by atoms with Gasteiger partial charge >= 0.3 is 0 Å². The van der Waals surface area contributed by atoms with E-state index in [9.17, 15) is 5.11 Å². The number of aliphatic hydroxyl groups is 1. The maximum absolute atomic E-state index is 9.79. The Morgan fingerprint density at radius 1 is 1.50 bits per heavy atom. The van der Waals surface area contributed by atoms with Crippen LogP contribution in [-0.2, 0) is 0 Å². The second kappa shape index (κ2) is 4.03. The molecule has 0 amide bonds. The van der Waals surface area contributed by atoms with Gasteiger partial charge in [-0.05, 0) is 36.3 Å². The van der Waals surface area contributed by atoms with E-state index in [1.54, 1.807) is 11.3 Å². The summed E-state index contributed by atoms with van der Waals surface area (Å²) >= 11 is 1.71. The fraction of sp³-hybridized carbons (Fsp3) is 0.417. The zero-order valence-electron chi connectivity index (χ0n) is 8.89. The van der Waals surface area contributed by atoms with Crippen molar-refractivity contribution in [3.05, 3.63) is 23.7 Å². The Hall–Kier alpha value is -1.13. The molecule has 1 atom stereocenters. The van der Waals surface area contributed by atoms with Gasteiger partial charge in [-0.3, -0.25) is 0 Å². The van der Waals surface area contributed by atoms with Crippen LogP contribution in [0.5, 0.6) is 0 Å². The molecule has 2 N–H and O–H groups in total. The first-order chi connectivity index (χ1) is 7.84. The highest BCUT2D eigenvalue weighted by Crippen LogP contribution is 2.33. The van der Waals surface area contributed by atoms with E-state index in [1.807, 2.05) is 12.3 Å². The third kappa shape index (κ3) is 1.90. The summed E-state index contributed by atoms with van der Waals surface area (Å²) in [6, 6.07) is 4.08. The lowest BCUT2D eigenvalue weighted by molar-refractivity contribution is 0.164. The summed E-state index contributed by atoms with van der Waals surface area (Å²) in [5.74, 6) is 1.40. The lowest BCUT2D eigenvalue weighted by Gasteiger charge is -2.11. The third-order valence-corrected chi connectivity index (χ3v) is 3.91. The second-order valence-corrected chi connectivity index (χ2v) is 5.23. The first kappa shape index (κ1) is 10.1. The number of rotatable bonds is 4. The van der Waals surface area contributed by atoms with Crippen molar-refractivity contribution in [3.8, 4) is 0 Å². The number of pyridine rings is 1. The molecule has 3 rings (SSSR count). The van der Waals surface area contributed by atoms with E-state index in [1.165, 1.54) is 17.5 Å². The van der Waals surface area contributed by atoms with Crippen LogP contribution in [0.3, 0.4) is 0 Å². The van der Waals surface area contributed by atoms with Crippen LogP contribution in [0.2, 0.25) is 0 Å². The molecule has 1 fully saturated rings. The van der Waals surface area contributed by atoms with E-state index < -0.39 is 0 Å². The minimum atomic E-state index is -0.226. The number of aliphatic hydroxyl groups excluding tert-OH is 1. The second-order valence-electron chi connectivity index (χ2n) is 4.28. The maximum atomic E-state index is 9.79. The lowest BCUT2D eigenvalue weighted by Crippen LogP contribution is -2.21. The van der Waals surface area contributed by atoms with Gasteiger partial charge in [0.05, 0.1) is 6.10 Å². The SMILES string of the molecule is OC(CNc1nccc2sccc12)C1CC1. The van der Waals surface area contributed by atoms with E-state index in [4.69, 9.17) is 0 Å². The molecule has 0 spiro atoms. The molecule has 0 aromatic carbocycles. The summed E-state index contributed by atoms with van der Waals surface area (Å²) < 4.78 is 1.23. The van der Waals surface area contributed by atoms with Gasteiger partial charge in [-0.15, -0.1) is 11.3 Å². The van der Waals surface area contributed by atoms with Crippen molar-refractivity contribution in [3.63, 3.8) is 0 Å². The molecule has 0 radical (unpaired) electrons. The van der Waals surface area contributed by atoms with Gasteiger partial charge in [0.2, 0.25) is 0 Å². The Bertz CT molecular complexity index is 492. The molecule has 4 heteroatoms. The fourth-order valence-electron chi connectivity index (χ4n) is 1.88. The largest absolute Gasteiger partial charge is 0.391 e. The van der Waals surface area contributed by atoms with E-state index in [0.717, 1.165) is 11.2 Å². The molecular formula is C12H14N2OS. The van der Waals surface area contributed by atoms with E-state index >= 15 is 0 Å². The van der Waals surface area contributed by atoms with Crippen LogP contribution in [0.1, 0.15) is 12.8 Å². The van der Waals surface area contributed by atoms with Crippen LogP contribution < -0.4 is 5.32 Å². The number of fused-ring (bicyclic) bond motifs is 1. The predicted octanol–water partition coefficient (Wildman–Crippen LogP) is 2.48. The normalized spacial score (nSPS) is 17.6. The molecule has 0 aliphatic heterocycles. The predicted molar refractivity (Wildman–Crippen MR) is 66.8 cm³/mol. The molecule has 2 aromatic rings. The highest BCUT2D eigenvalue weighted by atomic mass is 32.1. The Balaban J connectivity index is 1.75. The van der Waals surface area contributed by atoms with Crippen molar-refractivity contribution in [2.45, 2.75) is 18.9 Å². The summed E-state index contributed by atoms with van der Waals surface area (Å²) in [5, 5.41) is 16.2. The molecule has 0 saturated heterocycles. The highest BCUT2D eigenvalue weighted by molar-refractivity contribution is 7.17. The summed E-state index contributed by atoms with van der Waals surface area (Å²) in [6.45, 7) is 0.604. The first-order valence-electron chi connectivity index (χ1n) is 5.59. The molecule has 2 heterocycles. The van der Waals surface area contributed by atoms with Gasteiger partial charge in [-0.2, -0.15) is 0 Å². The lowest BCUT2D eigenvalue weighted by atomic mass is 10.2. The number of hydrogen-bond donors (Lipinski definition) is 2. The summed E-state index contributed by atoms with van der Waals surface area (Å²) in [6.07, 6.45) is 3.92. The van der Waals surface area contributed by atoms with Gasteiger partial charge in [-0.1, -0.05) is 0 Å². The van der Waals surface area contributed by atoms with Gasteiger partial charge in [0.15, 0.2) is 0 Å². The topological polar surface area (TPSA) is 45.1 Å². The summed E-state index contributed by atoms with van der Waals surface area (Å²) in [5.41, 5.74) is 0. The number of nitrogens with one attached hydrogen (secondary N) is 1. The van der Waals surface area contributed by atoms with E-state index in [2.05, 4.69) is 21.7 Å². The van der Waals surface area contributed by atoms with Crippen LogP contribution in [-0.4, -0.2) is 22.7 Å². The number of aromatic nitrogens is 1. The highest BCUT2D eigenvalue weighted by Gasteiger charge is 2.29. The summed E-state index contributed by atoms with van der Waals surface area (Å²) in [7, 11) is 0. The third-order valence-electron chi connectivity index (χ3n) is 3.02. The maximum Gasteiger partial charge on any atom is 0.134 e. The van der Waals surface area contributed by atoms with E-state index in [0.29, 0.717) is 12.5 Å². The number of hydrogen-bond acceptors (Lipinski definition) is 4. The molecular weight excluding hydrogens is 220 g/mol. The smallest absolute Gasteiger partial charge is 0.134 e. The average molecular weight is 234 g/mol. The van der Waals surface area contributed by atoms with Gasteiger partial charge < -0.3 is 10.4 Å². The van der Waals surface area contributed by atoms with Crippen LogP contribution in [0, 0.1) is 5.92 Å².